The molecule has 0 radical (unpaired) electrons. The summed E-state index contributed by atoms with van der Waals surface area (Å²) < 4.78 is 5.73. The molecule has 1 aliphatic carbocycles. The summed E-state index contributed by atoms with van der Waals surface area (Å²) in [4.78, 5) is 28.6. The van der Waals surface area contributed by atoms with Crippen molar-refractivity contribution in [3.05, 3.63) is 29.1 Å². The van der Waals surface area contributed by atoms with Gasteiger partial charge in [0.05, 0.1) is 18.3 Å². The molecule has 28 heavy (non-hydrogen) atoms. The van der Waals surface area contributed by atoms with Gasteiger partial charge in [0.2, 0.25) is 11.8 Å². The number of rotatable bonds is 4. The fraction of sp³-hybridized carbons (Fsp3) is 0.476. The monoisotopic (exact) mass is 399 g/mol. The molecule has 1 atom stereocenters. The quantitative estimate of drug-likeness (QED) is 0.804. The van der Waals surface area contributed by atoms with Crippen LogP contribution in [0.3, 0.4) is 0 Å². The number of hydrogen-bond donors (Lipinski definition) is 2. The Morgan fingerprint density at radius 2 is 2.00 bits per heavy atom. The maximum Gasteiger partial charge on any atom is 0.229 e. The minimum Gasteiger partial charge on any atom is -0.493 e. The van der Waals surface area contributed by atoms with Crippen LogP contribution in [0.1, 0.15) is 57.1 Å². The van der Waals surface area contributed by atoms with Crippen molar-refractivity contribution in [2.24, 2.45) is 5.92 Å². The van der Waals surface area contributed by atoms with Gasteiger partial charge in [0, 0.05) is 35.8 Å². The van der Waals surface area contributed by atoms with Gasteiger partial charge in [0.25, 0.3) is 0 Å². The zero-order valence-corrected chi connectivity index (χ0v) is 16.8. The second kappa shape index (κ2) is 8.31. The molecule has 1 fully saturated rings. The lowest BCUT2D eigenvalue weighted by molar-refractivity contribution is -0.121. The van der Waals surface area contributed by atoms with Crippen LogP contribution in [0.25, 0.3) is 11.3 Å². The van der Waals surface area contributed by atoms with Gasteiger partial charge in [-0.05, 0) is 31.0 Å². The molecule has 0 bridgehead atoms. The number of anilines is 1. The van der Waals surface area contributed by atoms with Crippen LogP contribution in [-0.2, 0) is 9.59 Å². The fourth-order valence-corrected chi connectivity index (χ4v) is 4.71. The Hall–Kier alpha value is -2.41. The number of thiazole rings is 1. The molecule has 2 N–H and O–H groups in total. The SMILES string of the molecule is CC(=O)NC1CCOc2ccc(-c3csc(NC(=O)C4CCCCC4)n3)cc21. The van der Waals surface area contributed by atoms with E-state index in [4.69, 9.17) is 4.74 Å². The highest BCUT2D eigenvalue weighted by atomic mass is 32.1. The Morgan fingerprint density at radius 3 is 2.79 bits per heavy atom. The van der Waals surface area contributed by atoms with E-state index in [1.54, 1.807) is 0 Å². The normalized spacial score (nSPS) is 19.4. The minimum atomic E-state index is -0.0513. The molecular weight excluding hydrogens is 374 g/mol. The van der Waals surface area contributed by atoms with Gasteiger partial charge >= 0.3 is 0 Å². The van der Waals surface area contributed by atoms with Crippen LogP contribution < -0.4 is 15.4 Å². The van der Waals surface area contributed by atoms with Crippen LogP contribution in [0.2, 0.25) is 0 Å². The van der Waals surface area contributed by atoms with Crippen molar-refractivity contribution in [2.75, 3.05) is 11.9 Å². The van der Waals surface area contributed by atoms with Crippen LogP contribution in [0.15, 0.2) is 23.6 Å². The molecule has 4 rings (SSSR count). The van der Waals surface area contributed by atoms with Crippen molar-refractivity contribution in [1.29, 1.82) is 0 Å². The third-order valence-corrected chi connectivity index (χ3v) is 6.19. The lowest BCUT2D eigenvalue weighted by Crippen LogP contribution is -2.30. The second-order valence-corrected chi connectivity index (χ2v) is 8.36. The summed E-state index contributed by atoms with van der Waals surface area (Å²) in [6.45, 7) is 2.12. The highest BCUT2D eigenvalue weighted by Gasteiger charge is 2.24. The molecular formula is C21H25N3O3S. The summed E-state index contributed by atoms with van der Waals surface area (Å²) in [6, 6.07) is 5.87. The van der Waals surface area contributed by atoms with Gasteiger partial charge in [0.1, 0.15) is 5.75 Å². The third-order valence-electron chi connectivity index (χ3n) is 5.43. The molecule has 2 heterocycles. The summed E-state index contributed by atoms with van der Waals surface area (Å²) in [5, 5.41) is 8.57. The number of fused-ring (bicyclic) bond motifs is 1. The fourth-order valence-electron chi connectivity index (χ4n) is 3.99. The highest BCUT2D eigenvalue weighted by molar-refractivity contribution is 7.14. The Bertz CT molecular complexity index is 874. The molecule has 2 aliphatic rings. The maximum atomic E-state index is 12.4. The van der Waals surface area contributed by atoms with E-state index in [9.17, 15) is 9.59 Å². The maximum absolute atomic E-state index is 12.4. The van der Waals surface area contributed by atoms with Gasteiger partial charge in [-0.3, -0.25) is 9.59 Å². The number of nitrogens with one attached hydrogen (secondary N) is 2. The molecule has 7 heteroatoms. The molecule has 148 valence electrons. The van der Waals surface area contributed by atoms with E-state index in [1.807, 2.05) is 23.6 Å². The first-order valence-corrected chi connectivity index (χ1v) is 10.8. The molecule has 0 spiro atoms. The zero-order chi connectivity index (χ0) is 19.5. The minimum absolute atomic E-state index is 0.0506. The van der Waals surface area contributed by atoms with Crippen molar-refractivity contribution in [1.82, 2.24) is 10.3 Å². The predicted molar refractivity (Wildman–Crippen MR) is 109 cm³/mol. The van der Waals surface area contributed by atoms with Crippen LogP contribution in [0, 0.1) is 5.92 Å². The first-order chi connectivity index (χ1) is 13.6. The van der Waals surface area contributed by atoms with Crippen molar-refractivity contribution < 1.29 is 14.3 Å². The highest BCUT2D eigenvalue weighted by Crippen LogP contribution is 2.36. The van der Waals surface area contributed by atoms with Gasteiger partial charge in [-0.1, -0.05) is 19.3 Å². The number of nitrogens with zero attached hydrogens (tertiary/aromatic N) is 1. The van der Waals surface area contributed by atoms with E-state index in [0.717, 1.165) is 54.7 Å². The Kier molecular flexibility index (Phi) is 5.62. The average molecular weight is 400 g/mol. The summed E-state index contributed by atoms with van der Waals surface area (Å²) in [6.07, 6.45) is 6.18. The van der Waals surface area contributed by atoms with Gasteiger partial charge < -0.3 is 15.4 Å². The summed E-state index contributed by atoms with van der Waals surface area (Å²) in [7, 11) is 0. The molecule has 1 aromatic heterocycles. The number of carbonyl (C=O) groups excluding carboxylic acids is 2. The first kappa shape index (κ1) is 18.9. The largest absolute Gasteiger partial charge is 0.493 e. The molecule has 1 saturated carbocycles. The molecule has 1 aromatic carbocycles. The van der Waals surface area contributed by atoms with E-state index >= 15 is 0 Å². The lowest BCUT2D eigenvalue weighted by Gasteiger charge is -2.26. The van der Waals surface area contributed by atoms with Crippen molar-refractivity contribution in [3.63, 3.8) is 0 Å². The molecule has 1 unspecified atom stereocenters. The number of carbonyl (C=O) groups is 2. The molecule has 2 amide bonds. The van der Waals surface area contributed by atoms with Crippen molar-refractivity contribution >= 4 is 28.3 Å². The number of hydrogen-bond acceptors (Lipinski definition) is 5. The molecule has 0 saturated heterocycles. The Morgan fingerprint density at radius 1 is 1.18 bits per heavy atom. The Labute approximate surface area is 168 Å². The third kappa shape index (κ3) is 4.19. The summed E-state index contributed by atoms with van der Waals surface area (Å²) >= 11 is 1.44. The smallest absolute Gasteiger partial charge is 0.229 e. The van der Waals surface area contributed by atoms with Crippen molar-refractivity contribution in [2.45, 2.75) is 51.5 Å². The summed E-state index contributed by atoms with van der Waals surface area (Å²) in [5.74, 6) is 0.949. The van der Waals surface area contributed by atoms with Crippen LogP contribution in [0.5, 0.6) is 5.75 Å². The van der Waals surface area contributed by atoms with E-state index in [-0.39, 0.29) is 23.8 Å². The average Bonchev–Trinajstić information content (AvgIpc) is 3.17. The molecule has 1 aliphatic heterocycles. The van der Waals surface area contributed by atoms with Gasteiger partial charge in [-0.25, -0.2) is 4.98 Å². The number of amides is 2. The topological polar surface area (TPSA) is 80.3 Å². The van der Waals surface area contributed by atoms with Gasteiger partial charge in [-0.15, -0.1) is 11.3 Å². The first-order valence-electron chi connectivity index (χ1n) is 9.91. The van der Waals surface area contributed by atoms with E-state index in [2.05, 4.69) is 15.6 Å². The standard InChI is InChI=1S/C21H25N3O3S/c1-13(25)22-17-9-10-27-19-8-7-15(11-16(17)19)18-12-28-21(23-18)24-20(26)14-5-3-2-4-6-14/h7-8,11-12,14,17H,2-6,9-10H2,1H3,(H,22,25)(H,23,24,26). The number of aromatic nitrogens is 1. The Balaban J connectivity index is 1.50. The number of benzene rings is 1. The zero-order valence-electron chi connectivity index (χ0n) is 16.0. The van der Waals surface area contributed by atoms with Crippen molar-refractivity contribution in [3.8, 4) is 17.0 Å². The van der Waals surface area contributed by atoms with Gasteiger partial charge in [-0.2, -0.15) is 0 Å². The van der Waals surface area contributed by atoms with Crippen LogP contribution in [0.4, 0.5) is 5.13 Å². The van der Waals surface area contributed by atoms with E-state index in [0.29, 0.717) is 11.7 Å². The van der Waals surface area contributed by atoms with E-state index in [1.165, 1.54) is 24.7 Å². The predicted octanol–water partition coefficient (Wildman–Crippen LogP) is 4.29. The second-order valence-electron chi connectivity index (χ2n) is 7.50. The van der Waals surface area contributed by atoms with Crippen LogP contribution in [-0.4, -0.2) is 23.4 Å². The van der Waals surface area contributed by atoms with E-state index < -0.39 is 0 Å². The number of ether oxygens (including phenoxy) is 1. The summed E-state index contributed by atoms with van der Waals surface area (Å²) in [5.41, 5.74) is 2.74. The van der Waals surface area contributed by atoms with Gasteiger partial charge in [0.15, 0.2) is 5.13 Å². The molecule has 2 aromatic rings. The molecule has 6 nitrogen and oxygen atoms in total. The lowest BCUT2D eigenvalue weighted by atomic mass is 9.89. The van der Waals surface area contributed by atoms with Crippen LogP contribution >= 0.6 is 11.3 Å².